The zero-order chi connectivity index (χ0) is 15.9. The lowest BCUT2D eigenvalue weighted by Gasteiger charge is -2.08. The third-order valence-electron chi connectivity index (χ3n) is 3.20. The van der Waals surface area contributed by atoms with E-state index < -0.39 is 0 Å². The van der Waals surface area contributed by atoms with Crippen molar-refractivity contribution >= 4 is 17.3 Å². The second-order valence-corrected chi connectivity index (χ2v) is 4.95. The van der Waals surface area contributed by atoms with Gasteiger partial charge in [-0.25, -0.2) is 5.43 Å². The number of para-hydroxylation sites is 1. The minimum Gasteiger partial charge on any atom is -0.508 e. The number of aryl methyl sites for hydroxylation is 1. The van der Waals surface area contributed by atoms with Crippen LogP contribution in [-0.2, 0) is 4.79 Å². The molecule has 2 aromatic rings. The van der Waals surface area contributed by atoms with Gasteiger partial charge >= 0.3 is 0 Å². The first-order valence-electron chi connectivity index (χ1n) is 6.98. The molecule has 5 nitrogen and oxygen atoms in total. The van der Waals surface area contributed by atoms with Gasteiger partial charge in [-0.15, -0.1) is 0 Å². The highest BCUT2D eigenvalue weighted by Gasteiger charge is 2.03. The highest BCUT2D eigenvalue weighted by atomic mass is 16.3. The van der Waals surface area contributed by atoms with Gasteiger partial charge in [0.05, 0.1) is 12.3 Å². The predicted molar refractivity (Wildman–Crippen MR) is 88.1 cm³/mol. The second-order valence-electron chi connectivity index (χ2n) is 4.95. The van der Waals surface area contributed by atoms with Gasteiger partial charge in [-0.1, -0.05) is 30.3 Å². The molecule has 0 saturated carbocycles. The zero-order valence-electron chi connectivity index (χ0n) is 12.6. The van der Waals surface area contributed by atoms with Crippen molar-refractivity contribution in [1.82, 2.24) is 5.43 Å². The molecular weight excluding hydrogens is 278 g/mol. The first-order valence-corrected chi connectivity index (χ1v) is 6.98. The molecule has 0 unspecified atom stereocenters. The van der Waals surface area contributed by atoms with Gasteiger partial charge in [0.25, 0.3) is 5.91 Å². The molecule has 0 aliphatic rings. The third-order valence-corrected chi connectivity index (χ3v) is 3.20. The number of hydrogen-bond donors (Lipinski definition) is 3. The van der Waals surface area contributed by atoms with Crippen LogP contribution >= 0.6 is 0 Å². The Labute approximate surface area is 129 Å². The number of anilines is 1. The van der Waals surface area contributed by atoms with Crippen molar-refractivity contribution in [2.45, 2.75) is 13.8 Å². The highest BCUT2D eigenvalue weighted by molar-refractivity contribution is 5.99. The number of rotatable bonds is 5. The fraction of sp³-hybridized carbons (Fsp3) is 0.176. The number of nitrogens with zero attached hydrogens (tertiary/aromatic N) is 1. The number of benzene rings is 2. The lowest BCUT2D eigenvalue weighted by Crippen LogP contribution is -2.27. The number of nitrogens with one attached hydrogen (secondary N) is 2. The molecule has 0 radical (unpaired) electrons. The van der Waals surface area contributed by atoms with Crippen molar-refractivity contribution in [2.75, 3.05) is 11.9 Å². The summed E-state index contributed by atoms with van der Waals surface area (Å²) in [6.07, 6.45) is 0. The standard InChI is InChI=1S/C17H19N3O2/c1-12-6-3-4-9-16(12)18-11-17(22)20-19-13(2)14-7-5-8-15(21)10-14/h3-10,18,21H,11H2,1-2H3,(H,20,22)/b19-13-. The smallest absolute Gasteiger partial charge is 0.259 e. The molecule has 0 fully saturated rings. The van der Waals surface area contributed by atoms with Crippen LogP contribution in [0, 0.1) is 6.92 Å². The van der Waals surface area contributed by atoms with Crippen LogP contribution in [0.2, 0.25) is 0 Å². The topological polar surface area (TPSA) is 73.7 Å². The molecule has 0 atom stereocenters. The number of hydrazone groups is 1. The van der Waals surface area contributed by atoms with Crippen LogP contribution < -0.4 is 10.7 Å². The van der Waals surface area contributed by atoms with Crippen molar-refractivity contribution < 1.29 is 9.90 Å². The summed E-state index contributed by atoms with van der Waals surface area (Å²) < 4.78 is 0. The van der Waals surface area contributed by atoms with Crippen LogP contribution in [0.25, 0.3) is 0 Å². The summed E-state index contributed by atoms with van der Waals surface area (Å²) in [4.78, 5) is 11.8. The monoisotopic (exact) mass is 297 g/mol. The minimum atomic E-state index is -0.234. The van der Waals surface area contributed by atoms with Crippen molar-refractivity contribution in [3.8, 4) is 5.75 Å². The maximum absolute atomic E-state index is 11.8. The molecule has 0 spiro atoms. The maximum atomic E-state index is 11.8. The normalized spacial score (nSPS) is 11.1. The molecule has 114 valence electrons. The van der Waals surface area contributed by atoms with Gasteiger partial charge in [0.1, 0.15) is 5.75 Å². The van der Waals surface area contributed by atoms with Crippen LogP contribution in [0.15, 0.2) is 53.6 Å². The molecule has 22 heavy (non-hydrogen) atoms. The Morgan fingerprint density at radius 2 is 1.95 bits per heavy atom. The summed E-state index contributed by atoms with van der Waals surface area (Å²) in [7, 11) is 0. The molecule has 0 aromatic heterocycles. The Bertz CT molecular complexity index is 696. The van der Waals surface area contributed by atoms with E-state index in [0.717, 1.165) is 16.8 Å². The number of carbonyl (C=O) groups is 1. The van der Waals surface area contributed by atoms with Crippen LogP contribution in [-0.4, -0.2) is 23.3 Å². The van der Waals surface area contributed by atoms with Crippen LogP contribution in [0.1, 0.15) is 18.1 Å². The molecule has 1 amide bonds. The number of carbonyl (C=O) groups excluding carboxylic acids is 1. The molecule has 0 bridgehead atoms. The molecule has 5 heteroatoms. The van der Waals surface area contributed by atoms with Gasteiger partial charge in [0.2, 0.25) is 0 Å². The molecule has 0 aliphatic heterocycles. The summed E-state index contributed by atoms with van der Waals surface area (Å²) in [5.41, 5.74) is 5.88. The quantitative estimate of drug-likeness (QED) is 0.587. The summed E-state index contributed by atoms with van der Waals surface area (Å²) >= 11 is 0. The second kappa shape index (κ2) is 7.26. The lowest BCUT2D eigenvalue weighted by atomic mass is 10.1. The summed E-state index contributed by atoms with van der Waals surface area (Å²) in [5.74, 6) is -0.0673. The van der Waals surface area contributed by atoms with Gasteiger partial charge in [0.15, 0.2) is 0 Å². The summed E-state index contributed by atoms with van der Waals surface area (Å²) in [6, 6.07) is 14.5. The average molecular weight is 297 g/mol. The first kappa shape index (κ1) is 15.6. The van der Waals surface area contributed by atoms with Crippen LogP contribution in [0.4, 0.5) is 5.69 Å². The van der Waals surface area contributed by atoms with Gasteiger partial charge in [0, 0.05) is 11.3 Å². The third kappa shape index (κ3) is 4.34. The average Bonchev–Trinajstić information content (AvgIpc) is 2.52. The Kier molecular flexibility index (Phi) is 5.14. The van der Waals surface area contributed by atoms with Crippen molar-refractivity contribution in [1.29, 1.82) is 0 Å². The molecule has 2 rings (SSSR count). The Morgan fingerprint density at radius 1 is 1.18 bits per heavy atom. The first-order chi connectivity index (χ1) is 10.6. The maximum Gasteiger partial charge on any atom is 0.259 e. The van der Waals surface area contributed by atoms with Gasteiger partial charge in [-0.2, -0.15) is 5.10 Å². The molecule has 0 heterocycles. The SMILES string of the molecule is C/C(=N/NC(=O)CNc1ccccc1C)c1cccc(O)c1. The van der Waals surface area contributed by atoms with E-state index in [2.05, 4.69) is 15.8 Å². The van der Waals surface area contributed by atoms with Crippen LogP contribution in [0.3, 0.4) is 0 Å². The van der Waals surface area contributed by atoms with E-state index in [4.69, 9.17) is 0 Å². The van der Waals surface area contributed by atoms with E-state index in [-0.39, 0.29) is 18.2 Å². The number of phenols is 1. The predicted octanol–water partition coefficient (Wildman–Crippen LogP) is 2.65. The number of phenolic OH excluding ortho intramolecular Hbond substituents is 1. The number of aromatic hydroxyl groups is 1. The van der Waals surface area contributed by atoms with Crippen molar-refractivity contribution in [3.63, 3.8) is 0 Å². The minimum absolute atomic E-state index is 0.141. The number of hydrogen-bond acceptors (Lipinski definition) is 4. The highest BCUT2D eigenvalue weighted by Crippen LogP contribution is 2.12. The fourth-order valence-corrected chi connectivity index (χ4v) is 1.93. The Balaban J connectivity index is 1.90. The van der Waals surface area contributed by atoms with E-state index in [9.17, 15) is 9.90 Å². The van der Waals surface area contributed by atoms with E-state index >= 15 is 0 Å². The van der Waals surface area contributed by atoms with E-state index in [0.29, 0.717) is 5.71 Å². The molecular formula is C17H19N3O2. The summed E-state index contributed by atoms with van der Waals surface area (Å²) in [6.45, 7) is 3.88. The van der Waals surface area contributed by atoms with Gasteiger partial charge < -0.3 is 10.4 Å². The van der Waals surface area contributed by atoms with Crippen molar-refractivity contribution in [3.05, 3.63) is 59.7 Å². The molecule has 0 aliphatic carbocycles. The fourth-order valence-electron chi connectivity index (χ4n) is 1.93. The van der Waals surface area contributed by atoms with Crippen LogP contribution in [0.5, 0.6) is 5.75 Å². The number of amides is 1. The molecule has 2 aromatic carbocycles. The Morgan fingerprint density at radius 3 is 2.68 bits per heavy atom. The van der Waals surface area contributed by atoms with Gasteiger partial charge in [-0.05, 0) is 37.6 Å². The van der Waals surface area contributed by atoms with Crippen molar-refractivity contribution in [2.24, 2.45) is 5.10 Å². The van der Waals surface area contributed by atoms with E-state index in [1.54, 1.807) is 25.1 Å². The van der Waals surface area contributed by atoms with E-state index in [1.165, 1.54) is 0 Å². The Hall–Kier alpha value is -2.82. The zero-order valence-corrected chi connectivity index (χ0v) is 12.6. The van der Waals surface area contributed by atoms with E-state index in [1.807, 2.05) is 37.3 Å². The molecule has 3 N–H and O–H groups in total. The molecule has 0 saturated heterocycles. The largest absolute Gasteiger partial charge is 0.508 e. The van der Waals surface area contributed by atoms with Gasteiger partial charge in [-0.3, -0.25) is 4.79 Å². The summed E-state index contributed by atoms with van der Waals surface area (Å²) in [5, 5.41) is 16.5. The lowest BCUT2D eigenvalue weighted by molar-refractivity contribution is -0.119.